The summed E-state index contributed by atoms with van der Waals surface area (Å²) in [7, 11) is 0. The maximum atomic E-state index is 12.5. The van der Waals surface area contributed by atoms with Gasteiger partial charge >= 0.3 is 6.61 Å². The molecule has 1 aliphatic heterocycles. The zero-order valence-corrected chi connectivity index (χ0v) is 17.6. The molecule has 32 heavy (non-hydrogen) atoms. The van der Waals surface area contributed by atoms with Crippen LogP contribution in [0.15, 0.2) is 47.7 Å². The Morgan fingerprint density at radius 1 is 1.38 bits per heavy atom. The van der Waals surface area contributed by atoms with E-state index in [1.165, 1.54) is 18.3 Å². The summed E-state index contributed by atoms with van der Waals surface area (Å²) >= 11 is 1.15. The molecule has 0 aliphatic carbocycles. The number of thioether (sulfide) groups is 1. The predicted molar refractivity (Wildman–Crippen MR) is 114 cm³/mol. The molecule has 3 N–H and O–H groups in total. The number of nitrogens with zero attached hydrogens (tertiary/aromatic N) is 3. The van der Waals surface area contributed by atoms with Gasteiger partial charge in [-0.25, -0.2) is 4.99 Å². The van der Waals surface area contributed by atoms with E-state index in [2.05, 4.69) is 25.0 Å². The molecular formula is C20H19F4N5O2S. The number of nitrogens with two attached hydrogens (primary N) is 1. The molecule has 0 unspecified atom stereocenters. The summed E-state index contributed by atoms with van der Waals surface area (Å²) in [5, 5.41) is 2.54. The number of halogens is 4. The molecule has 3 heterocycles. The minimum Gasteiger partial charge on any atom is -0.379 e. The minimum absolute atomic E-state index is 0.0338. The number of amides is 1. The molecule has 0 aromatic carbocycles. The van der Waals surface area contributed by atoms with E-state index < -0.39 is 24.1 Å². The van der Waals surface area contributed by atoms with E-state index in [9.17, 15) is 22.4 Å². The first-order valence-corrected chi connectivity index (χ1v) is 10.2. The number of rotatable bonds is 7. The third-order valence-corrected chi connectivity index (χ3v) is 5.51. The number of nitrogens with one attached hydrogen (secondary N) is 1. The van der Waals surface area contributed by atoms with Gasteiger partial charge in [0, 0.05) is 29.4 Å². The number of aliphatic imine (C=N–C) groups is 1. The second-order valence-corrected chi connectivity index (χ2v) is 8.38. The lowest BCUT2D eigenvalue weighted by Gasteiger charge is -2.33. The molecule has 12 heteroatoms. The van der Waals surface area contributed by atoms with Crippen LogP contribution in [0.1, 0.15) is 35.1 Å². The lowest BCUT2D eigenvalue weighted by atomic mass is 9.91. The molecule has 2 aromatic heterocycles. The second-order valence-electron chi connectivity index (χ2n) is 7.06. The highest BCUT2D eigenvalue weighted by atomic mass is 32.2. The van der Waals surface area contributed by atoms with Gasteiger partial charge in [0.2, 0.25) is 0 Å². The summed E-state index contributed by atoms with van der Waals surface area (Å²) in [4.78, 5) is 25.1. The van der Waals surface area contributed by atoms with Gasteiger partial charge in [-0.2, -0.15) is 17.6 Å². The molecule has 0 spiro atoms. The summed E-state index contributed by atoms with van der Waals surface area (Å²) in [5.74, 6) is -0.547. The van der Waals surface area contributed by atoms with Crippen LogP contribution in [0.3, 0.4) is 0 Å². The van der Waals surface area contributed by atoms with Crippen LogP contribution in [-0.4, -0.2) is 39.5 Å². The van der Waals surface area contributed by atoms with Crippen LogP contribution in [0, 0.1) is 0 Å². The third-order valence-electron chi connectivity index (χ3n) is 4.54. The highest BCUT2D eigenvalue weighted by Crippen LogP contribution is 2.38. The second kappa shape index (κ2) is 10.1. The molecule has 0 saturated heterocycles. The van der Waals surface area contributed by atoms with E-state index in [-0.39, 0.29) is 28.3 Å². The molecule has 2 atom stereocenters. The number of pyridine rings is 2. The molecule has 170 valence electrons. The number of anilines is 1. The van der Waals surface area contributed by atoms with Gasteiger partial charge < -0.3 is 15.8 Å². The number of aromatic nitrogens is 2. The van der Waals surface area contributed by atoms with Crippen molar-refractivity contribution in [2.75, 3.05) is 11.9 Å². The smallest absolute Gasteiger partial charge is 0.345 e. The highest BCUT2D eigenvalue weighted by Gasteiger charge is 2.36. The average Bonchev–Trinajstić information content (AvgIpc) is 2.72. The fourth-order valence-electron chi connectivity index (χ4n) is 3.15. The number of carbonyl (C=O) groups is 1. The number of alkyl halides is 2. The normalized spacial score (nSPS) is 20.6. The van der Waals surface area contributed by atoms with E-state index >= 15 is 0 Å². The Balaban J connectivity index is 1.75. The van der Waals surface area contributed by atoms with Crippen molar-refractivity contribution < 1.29 is 27.1 Å². The first-order valence-electron chi connectivity index (χ1n) is 9.33. The lowest BCUT2D eigenvalue weighted by Crippen LogP contribution is -2.36. The molecule has 0 radical (unpaired) electrons. The standard InChI is InChI=1S/C20H19F4N5O2S/c1-20(8-13(10-31-18(23)24)32-19(25)29-20)15-7-12(4-5-26-15)28-17(30)14-3-2-11(9-27-14)6-16(21)22/h2-7,9,13,18H,8,10H2,1H3,(H2,25,29)(H,26,28,30)/t13-,20-/m0/s1. The van der Waals surface area contributed by atoms with E-state index in [0.717, 1.165) is 18.0 Å². The van der Waals surface area contributed by atoms with Crippen molar-refractivity contribution in [2.45, 2.75) is 30.7 Å². The van der Waals surface area contributed by atoms with Gasteiger partial charge in [-0.1, -0.05) is 17.8 Å². The van der Waals surface area contributed by atoms with Crippen LogP contribution in [-0.2, 0) is 10.3 Å². The van der Waals surface area contributed by atoms with Crippen molar-refractivity contribution in [1.29, 1.82) is 0 Å². The summed E-state index contributed by atoms with van der Waals surface area (Å²) in [6, 6.07) is 5.83. The maximum absolute atomic E-state index is 12.5. The first-order chi connectivity index (χ1) is 15.1. The third kappa shape index (κ3) is 6.26. The van der Waals surface area contributed by atoms with Gasteiger partial charge in [0.25, 0.3) is 12.0 Å². The zero-order chi connectivity index (χ0) is 23.3. The Morgan fingerprint density at radius 2 is 2.16 bits per heavy atom. The van der Waals surface area contributed by atoms with Gasteiger partial charge in [-0.15, -0.1) is 0 Å². The first kappa shape index (κ1) is 23.7. The van der Waals surface area contributed by atoms with Crippen molar-refractivity contribution in [3.05, 3.63) is 59.7 Å². The number of hydrogen-bond acceptors (Lipinski definition) is 7. The van der Waals surface area contributed by atoms with Crippen LogP contribution in [0.25, 0.3) is 6.08 Å². The largest absolute Gasteiger partial charge is 0.379 e. The van der Waals surface area contributed by atoms with Crippen molar-refractivity contribution in [1.82, 2.24) is 9.97 Å². The topological polar surface area (TPSA) is 102 Å². The fourth-order valence-corrected chi connectivity index (χ4v) is 4.30. The molecule has 1 aliphatic rings. The molecule has 1 amide bonds. The Bertz CT molecular complexity index is 1030. The van der Waals surface area contributed by atoms with E-state index in [1.807, 2.05) is 0 Å². The van der Waals surface area contributed by atoms with Gasteiger partial charge in [0.05, 0.1) is 12.3 Å². The summed E-state index contributed by atoms with van der Waals surface area (Å²) < 4.78 is 53.8. The van der Waals surface area contributed by atoms with Crippen molar-refractivity contribution in [3.8, 4) is 0 Å². The summed E-state index contributed by atoms with van der Waals surface area (Å²) in [6.07, 6.45) is 1.75. The Kier molecular flexibility index (Phi) is 7.46. The van der Waals surface area contributed by atoms with Crippen LogP contribution >= 0.6 is 11.8 Å². The summed E-state index contributed by atoms with van der Waals surface area (Å²) in [6.45, 7) is -1.32. The van der Waals surface area contributed by atoms with E-state index in [0.29, 0.717) is 23.9 Å². The fraction of sp³-hybridized carbons (Fsp3) is 0.300. The maximum Gasteiger partial charge on any atom is 0.345 e. The number of ether oxygens (including phenoxy) is 1. The van der Waals surface area contributed by atoms with E-state index in [1.54, 1.807) is 19.1 Å². The Labute approximate surface area is 185 Å². The van der Waals surface area contributed by atoms with Crippen molar-refractivity contribution >= 4 is 34.6 Å². The monoisotopic (exact) mass is 469 g/mol. The van der Waals surface area contributed by atoms with Gasteiger partial charge in [-0.3, -0.25) is 14.8 Å². The van der Waals surface area contributed by atoms with Gasteiger partial charge in [0.1, 0.15) is 11.2 Å². The van der Waals surface area contributed by atoms with Crippen molar-refractivity contribution in [3.63, 3.8) is 0 Å². The van der Waals surface area contributed by atoms with Crippen LogP contribution in [0.5, 0.6) is 0 Å². The summed E-state index contributed by atoms with van der Waals surface area (Å²) in [5.41, 5.74) is 6.06. The predicted octanol–water partition coefficient (Wildman–Crippen LogP) is 4.24. The van der Waals surface area contributed by atoms with Gasteiger partial charge in [0.15, 0.2) is 5.17 Å². The van der Waals surface area contributed by atoms with Crippen LogP contribution in [0.4, 0.5) is 23.2 Å². The zero-order valence-electron chi connectivity index (χ0n) is 16.8. The average molecular weight is 469 g/mol. The lowest BCUT2D eigenvalue weighted by molar-refractivity contribution is -0.128. The Hall–Kier alpha value is -2.99. The SMILES string of the molecule is C[C@@]1(c2cc(NC(=O)c3ccc(C=C(F)F)cn3)ccn2)C[C@@H](COC(F)F)SC(N)=N1. The van der Waals surface area contributed by atoms with E-state index in [4.69, 9.17) is 5.73 Å². The molecule has 2 aromatic rings. The Morgan fingerprint density at radius 3 is 2.81 bits per heavy atom. The van der Waals surface area contributed by atoms with Gasteiger partial charge in [-0.05, 0) is 37.1 Å². The molecule has 0 bridgehead atoms. The van der Waals surface area contributed by atoms with Crippen LogP contribution < -0.4 is 11.1 Å². The highest BCUT2D eigenvalue weighted by molar-refractivity contribution is 8.14. The van der Waals surface area contributed by atoms with Crippen molar-refractivity contribution in [2.24, 2.45) is 10.7 Å². The molecule has 3 rings (SSSR count). The minimum atomic E-state index is -2.88. The number of hydrogen-bond donors (Lipinski definition) is 2. The molecule has 7 nitrogen and oxygen atoms in total. The number of amidine groups is 1. The quantitative estimate of drug-likeness (QED) is 0.588. The molecule has 0 fully saturated rings. The molecule has 0 saturated carbocycles. The van der Waals surface area contributed by atoms with Crippen LogP contribution in [0.2, 0.25) is 0 Å². The molecular weight excluding hydrogens is 450 g/mol. The number of carbonyl (C=O) groups excluding carboxylic acids is 1.